The van der Waals surface area contributed by atoms with Gasteiger partial charge in [0.15, 0.2) is 0 Å². The van der Waals surface area contributed by atoms with Crippen molar-refractivity contribution in [1.29, 1.82) is 0 Å². The van der Waals surface area contributed by atoms with Crippen molar-refractivity contribution >= 4 is 15.7 Å². The normalized spacial score (nSPS) is 11.1. The van der Waals surface area contributed by atoms with E-state index >= 15 is 0 Å². The van der Waals surface area contributed by atoms with E-state index in [0.29, 0.717) is 24.6 Å². The lowest BCUT2D eigenvalue weighted by Gasteiger charge is -2.10. The molecule has 20 heavy (non-hydrogen) atoms. The van der Waals surface area contributed by atoms with E-state index in [2.05, 4.69) is 4.72 Å². The van der Waals surface area contributed by atoms with E-state index < -0.39 is 10.0 Å². The predicted octanol–water partition coefficient (Wildman–Crippen LogP) is 1.82. The molecule has 0 fully saturated rings. The summed E-state index contributed by atoms with van der Waals surface area (Å²) in [6.07, 6.45) is 0. The van der Waals surface area contributed by atoms with Gasteiger partial charge in [-0.2, -0.15) is 0 Å². The zero-order valence-electron chi connectivity index (χ0n) is 10.8. The van der Waals surface area contributed by atoms with E-state index in [4.69, 9.17) is 10.5 Å². The Morgan fingerprint density at radius 1 is 1.05 bits per heavy atom. The molecule has 0 aliphatic carbocycles. The molecule has 5 nitrogen and oxygen atoms in total. The standard InChI is InChI=1S/C14H16N2O3S/c15-9-10-19-13-6-4-5-12(11-13)16-20(17,18)14-7-2-1-3-8-14/h1-8,11,16H,9-10,15H2. The van der Waals surface area contributed by atoms with E-state index in [9.17, 15) is 8.42 Å². The highest BCUT2D eigenvalue weighted by Gasteiger charge is 2.13. The van der Waals surface area contributed by atoms with Crippen LogP contribution in [0.15, 0.2) is 59.5 Å². The summed E-state index contributed by atoms with van der Waals surface area (Å²) >= 11 is 0. The maximum atomic E-state index is 12.2. The van der Waals surface area contributed by atoms with Gasteiger partial charge in [-0.3, -0.25) is 4.72 Å². The average molecular weight is 292 g/mol. The van der Waals surface area contributed by atoms with Crippen LogP contribution in [0.4, 0.5) is 5.69 Å². The van der Waals surface area contributed by atoms with Crippen LogP contribution in [-0.2, 0) is 10.0 Å². The van der Waals surface area contributed by atoms with Crippen molar-refractivity contribution in [3.8, 4) is 5.75 Å². The Labute approximate surface area is 118 Å². The van der Waals surface area contributed by atoms with E-state index in [1.807, 2.05) is 0 Å². The van der Waals surface area contributed by atoms with E-state index in [1.54, 1.807) is 42.5 Å². The van der Waals surface area contributed by atoms with E-state index in [1.165, 1.54) is 12.1 Å². The van der Waals surface area contributed by atoms with Gasteiger partial charge in [-0.15, -0.1) is 0 Å². The second-order valence-electron chi connectivity index (χ2n) is 4.08. The van der Waals surface area contributed by atoms with Gasteiger partial charge in [0.25, 0.3) is 10.0 Å². The molecule has 106 valence electrons. The van der Waals surface area contributed by atoms with Crippen LogP contribution in [-0.4, -0.2) is 21.6 Å². The predicted molar refractivity (Wildman–Crippen MR) is 78.2 cm³/mol. The summed E-state index contributed by atoms with van der Waals surface area (Å²) in [5, 5.41) is 0. The lowest BCUT2D eigenvalue weighted by molar-refractivity contribution is 0.328. The Morgan fingerprint density at radius 3 is 2.50 bits per heavy atom. The molecule has 0 unspecified atom stereocenters. The molecule has 0 radical (unpaired) electrons. The number of anilines is 1. The maximum absolute atomic E-state index is 12.2. The van der Waals surface area contributed by atoms with Gasteiger partial charge in [0.05, 0.1) is 10.6 Å². The number of hydrogen-bond donors (Lipinski definition) is 2. The highest BCUT2D eigenvalue weighted by molar-refractivity contribution is 7.92. The molecule has 0 saturated carbocycles. The Balaban J connectivity index is 2.17. The molecule has 0 aliphatic rings. The van der Waals surface area contributed by atoms with Gasteiger partial charge in [0.1, 0.15) is 12.4 Å². The SMILES string of the molecule is NCCOc1cccc(NS(=O)(=O)c2ccccc2)c1. The van der Waals surface area contributed by atoms with Crippen LogP contribution in [0.1, 0.15) is 0 Å². The van der Waals surface area contributed by atoms with Crippen LogP contribution in [0.3, 0.4) is 0 Å². The molecule has 0 atom stereocenters. The number of sulfonamides is 1. The van der Waals surface area contributed by atoms with Crippen molar-refractivity contribution < 1.29 is 13.2 Å². The summed E-state index contributed by atoms with van der Waals surface area (Å²) < 4.78 is 32.2. The van der Waals surface area contributed by atoms with Gasteiger partial charge in [-0.05, 0) is 24.3 Å². The van der Waals surface area contributed by atoms with Crippen LogP contribution >= 0.6 is 0 Å². The largest absolute Gasteiger partial charge is 0.492 e. The summed E-state index contributed by atoms with van der Waals surface area (Å²) in [5.74, 6) is 0.573. The van der Waals surface area contributed by atoms with Crippen LogP contribution in [0.5, 0.6) is 5.75 Å². The second-order valence-corrected chi connectivity index (χ2v) is 5.77. The highest BCUT2D eigenvalue weighted by atomic mass is 32.2. The molecular weight excluding hydrogens is 276 g/mol. The molecule has 6 heteroatoms. The summed E-state index contributed by atoms with van der Waals surface area (Å²) in [6.45, 7) is 0.787. The average Bonchev–Trinajstić information content (AvgIpc) is 2.46. The molecule has 0 bridgehead atoms. The van der Waals surface area contributed by atoms with E-state index in [0.717, 1.165) is 0 Å². The zero-order valence-corrected chi connectivity index (χ0v) is 11.6. The fourth-order valence-electron chi connectivity index (χ4n) is 1.64. The number of nitrogens with one attached hydrogen (secondary N) is 1. The lowest BCUT2D eigenvalue weighted by Crippen LogP contribution is -2.13. The molecule has 0 spiro atoms. The Morgan fingerprint density at radius 2 is 1.80 bits per heavy atom. The van der Waals surface area contributed by atoms with Gasteiger partial charge >= 0.3 is 0 Å². The van der Waals surface area contributed by atoms with Gasteiger partial charge in [-0.25, -0.2) is 8.42 Å². The monoisotopic (exact) mass is 292 g/mol. The third-order valence-corrected chi connectivity index (χ3v) is 3.92. The maximum Gasteiger partial charge on any atom is 0.261 e. The van der Waals surface area contributed by atoms with Gasteiger partial charge in [0.2, 0.25) is 0 Å². The molecular formula is C14H16N2O3S. The first-order chi connectivity index (χ1) is 9.62. The number of benzene rings is 2. The summed E-state index contributed by atoms with van der Waals surface area (Å²) in [6, 6.07) is 14.9. The number of nitrogens with two attached hydrogens (primary N) is 1. The molecule has 0 saturated heterocycles. The first kappa shape index (κ1) is 14.4. The summed E-state index contributed by atoms with van der Waals surface area (Å²) in [5.41, 5.74) is 5.80. The second kappa shape index (κ2) is 6.40. The fraction of sp³-hybridized carbons (Fsp3) is 0.143. The van der Waals surface area contributed by atoms with Crippen molar-refractivity contribution in [2.45, 2.75) is 4.90 Å². The minimum absolute atomic E-state index is 0.216. The highest BCUT2D eigenvalue weighted by Crippen LogP contribution is 2.20. The molecule has 2 aromatic carbocycles. The molecule has 3 N–H and O–H groups in total. The zero-order chi connectivity index (χ0) is 14.4. The topological polar surface area (TPSA) is 81.4 Å². The third kappa shape index (κ3) is 3.72. The smallest absolute Gasteiger partial charge is 0.261 e. The molecule has 2 aromatic rings. The number of hydrogen-bond acceptors (Lipinski definition) is 4. The van der Waals surface area contributed by atoms with Crippen molar-refractivity contribution in [2.75, 3.05) is 17.9 Å². The first-order valence-electron chi connectivity index (χ1n) is 6.12. The van der Waals surface area contributed by atoms with Crippen molar-refractivity contribution in [1.82, 2.24) is 0 Å². The first-order valence-corrected chi connectivity index (χ1v) is 7.61. The Kier molecular flexibility index (Phi) is 4.60. The van der Waals surface area contributed by atoms with Gasteiger partial charge in [0, 0.05) is 12.6 Å². The fourth-order valence-corrected chi connectivity index (χ4v) is 2.71. The van der Waals surface area contributed by atoms with Crippen molar-refractivity contribution in [3.63, 3.8) is 0 Å². The van der Waals surface area contributed by atoms with Gasteiger partial charge < -0.3 is 10.5 Å². The van der Waals surface area contributed by atoms with Gasteiger partial charge in [-0.1, -0.05) is 24.3 Å². The van der Waals surface area contributed by atoms with Crippen molar-refractivity contribution in [3.05, 3.63) is 54.6 Å². The van der Waals surface area contributed by atoms with Crippen LogP contribution in [0.25, 0.3) is 0 Å². The molecule has 0 amide bonds. The Hall–Kier alpha value is -2.05. The van der Waals surface area contributed by atoms with Crippen LogP contribution in [0, 0.1) is 0 Å². The van der Waals surface area contributed by atoms with E-state index in [-0.39, 0.29) is 4.90 Å². The summed E-state index contributed by atoms with van der Waals surface area (Å²) in [7, 11) is -3.58. The van der Waals surface area contributed by atoms with Crippen molar-refractivity contribution in [2.24, 2.45) is 5.73 Å². The summed E-state index contributed by atoms with van der Waals surface area (Å²) in [4.78, 5) is 0.216. The Bertz CT molecular complexity index is 657. The molecule has 0 aromatic heterocycles. The molecule has 0 aliphatic heterocycles. The van der Waals surface area contributed by atoms with Crippen LogP contribution in [0.2, 0.25) is 0 Å². The van der Waals surface area contributed by atoms with Crippen LogP contribution < -0.4 is 15.2 Å². The number of ether oxygens (including phenoxy) is 1. The lowest BCUT2D eigenvalue weighted by atomic mass is 10.3. The molecule has 2 rings (SSSR count). The molecule has 0 heterocycles. The number of rotatable bonds is 6. The quantitative estimate of drug-likeness (QED) is 0.851. The minimum atomic E-state index is -3.58. The minimum Gasteiger partial charge on any atom is -0.492 e. The third-order valence-electron chi connectivity index (χ3n) is 2.53.